The minimum atomic E-state index is -0.597. The third-order valence-corrected chi connectivity index (χ3v) is 4.23. The smallest absolute Gasteiger partial charge is 0.231 e. The molecule has 1 aliphatic heterocycles. The van der Waals surface area contributed by atoms with Gasteiger partial charge in [-0.05, 0) is 17.7 Å². The molecule has 6 nitrogen and oxygen atoms in total. The Morgan fingerprint density at radius 2 is 1.91 bits per heavy atom. The third kappa shape index (κ3) is 2.71. The van der Waals surface area contributed by atoms with Crippen LogP contribution in [0.1, 0.15) is 17.0 Å². The normalized spacial score (nSPS) is 13.9. The van der Waals surface area contributed by atoms with Gasteiger partial charge in [-0.1, -0.05) is 34.1 Å². The molecule has 22 heavy (non-hydrogen) atoms. The summed E-state index contributed by atoms with van der Waals surface area (Å²) in [6, 6.07) is 10.3. The molecule has 0 radical (unpaired) electrons. The zero-order valence-electron chi connectivity index (χ0n) is 11.4. The Hall–Kier alpha value is -2.28. The van der Waals surface area contributed by atoms with Gasteiger partial charge in [0.25, 0.3) is 0 Å². The fraction of sp³-hybridized carbons (Fsp3) is 0.200. The number of benzene rings is 2. The van der Waals surface area contributed by atoms with Crippen molar-refractivity contribution >= 4 is 15.9 Å². The topological polar surface area (TPSA) is 81.8 Å². The monoisotopic (exact) mass is 365 g/mol. The summed E-state index contributed by atoms with van der Waals surface area (Å²) in [6.07, 6.45) is 0. The Morgan fingerprint density at radius 3 is 2.59 bits per heavy atom. The van der Waals surface area contributed by atoms with E-state index in [2.05, 4.69) is 15.9 Å². The van der Waals surface area contributed by atoms with E-state index in [0.29, 0.717) is 17.1 Å². The molecular formula is C15H12BrNO5. The molecule has 1 unspecified atom stereocenters. The fourth-order valence-corrected chi connectivity index (χ4v) is 3.06. The lowest BCUT2D eigenvalue weighted by Gasteiger charge is -2.17. The summed E-state index contributed by atoms with van der Waals surface area (Å²) in [5.41, 5.74) is 1.17. The maximum atomic E-state index is 11.1. The molecule has 0 saturated carbocycles. The van der Waals surface area contributed by atoms with Crippen LogP contribution in [0.25, 0.3) is 0 Å². The first-order chi connectivity index (χ1) is 10.6. The van der Waals surface area contributed by atoms with E-state index in [9.17, 15) is 15.2 Å². The number of nitro groups is 1. The molecular weight excluding hydrogens is 354 g/mol. The molecule has 0 spiro atoms. The number of nitrogens with zero attached hydrogens (tertiary/aromatic N) is 1. The molecule has 0 aromatic heterocycles. The quantitative estimate of drug-likeness (QED) is 0.663. The zero-order chi connectivity index (χ0) is 15.7. The van der Waals surface area contributed by atoms with Crippen LogP contribution in [0.5, 0.6) is 17.2 Å². The number of phenolic OH excluding ortho intramolecular Hbond substituents is 1. The maximum Gasteiger partial charge on any atom is 0.231 e. The van der Waals surface area contributed by atoms with E-state index in [0.717, 1.165) is 10.0 Å². The van der Waals surface area contributed by atoms with Gasteiger partial charge in [0.15, 0.2) is 11.5 Å². The van der Waals surface area contributed by atoms with Crippen LogP contribution >= 0.6 is 15.9 Å². The highest BCUT2D eigenvalue weighted by Crippen LogP contribution is 2.43. The highest BCUT2D eigenvalue weighted by atomic mass is 79.9. The predicted octanol–water partition coefficient (Wildman–Crippen LogP) is 3.29. The molecule has 1 aliphatic rings. The summed E-state index contributed by atoms with van der Waals surface area (Å²) in [5.74, 6) is 0.272. The molecule has 2 aromatic carbocycles. The van der Waals surface area contributed by atoms with Crippen LogP contribution in [0.15, 0.2) is 40.9 Å². The Balaban J connectivity index is 2.11. The van der Waals surface area contributed by atoms with Gasteiger partial charge in [-0.2, -0.15) is 0 Å². The zero-order valence-corrected chi connectivity index (χ0v) is 12.9. The Kier molecular flexibility index (Phi) is 3.89. The lowest BCUT2D eigenvalue weighted by Crippen LogP contribution is -2.14. The van der Waals surface area contributed by atoms with Crippen molar-refractivity contribution in [3.8, 4) is 17.2 Å². The fourth-order valence-electron chi connectivity index (χ4n) is 2.50. The maximum absolute atomic E-state index is 11.1. The first-order valence-corrected chi connectivity index (χ1v) is 7.34. The first-order valence-electron chi connectivity index (χ1n) is 6.55. The van der Waals surface area contributed by atoms with Crippen LogP contribution in [0.2, 0.25) is 0 Å². The van der Waals surface area contributed by atoms with Crippen molar-refractivity contribution in [1.29, 1.82) is 0 Å². The van der Waals surface area contributed by atoms with Gasteiger partial charge in [0.2, 0.25) is 13.3 Å². The number of phenols is 1. The van der Waals surface area contributed by atoms with Gasteiger partial charge >= 0.3 is 0 Å². The van der Waals surface area contributed by atoms with E-state index in [1.807, 2.05) is 12.1 Å². The molecule has 0 aliphatic carbocycles. The van der Waals surface area contributed by atoms with Crippen LogP contribution < -0.4 is 9.47 Å². The standard InChI is InChI=1S/C15H12BrNO5/c16-12-4-2-1-3-9(12)11(7-17(19)20)10-5-14-15(6-13(10)18)22-8-21-14/h1-6,11,18H,7-8H2. The first kappa shape index (κ1) is 14.6. The molecule has 0 fully saturated rings. The van der Waals surface area contributed by atoms with E-state index < -0.39 is 10.8 Å². The summed E-state index contributed by atoms with van der Waals surface area (Å²) in [5, 5.41) is 21.3. The van der Waals surface area contributed by atoms with E-state index >= 15 is 0 Å². The van der Waals surface area contributed by atoms with Crippen LogP contribution in [0.3, 0.4) is 0 Å². The Bertz CT molecular complexity index is 734. The summed E-state index contributed by atoms with van der Waals surface area (Å²) in [4.78, 5) is 10.7. The summed E-state index contributed by atoms with van der Waals surface area (Å²) < 4.78 is 11.2. The second kappa shape index (κ2) is 5.84. The number of fused-ring (bicyclic) bond motifs is 1. The molecule has 2 aromatic rings. The van der Waals surface area contributed by atoms with Gasteiger partial charge in [0.05, 0.1) is 5.92 Å². The van der Waals surface area contributed by atoms with Crippen LogP contribution in [0.4, 0.5) is 0 Å². The molecule has 7 heteroatoms. The van der Waals surface area contributed by atoms with Gasteiger partial charge in [0, 0.05) is 21.0 Å². The number of halogens is 1. The van der Waals surface area contributed by atoms with Crippen LogP contribution in [0, 0.1) is 10.1 Å². The van der Waals surface area contributed by atoms with E-state index in [1.165, 1.54) is 6.07 Å². The molecule has 1 heterocycles. The minimum Gasteiger partial charge on any atom is -0.507 e. The molecule has 3 rings (SSSR count). The molecule has 1 N–H and O–H groups in total. The molecule has 0 amide bonds. The predicted molar refractivity (Wildman–Crippen MR) is 82.1 cm³/mol. The van der Waals surface area contributed by atoms with Gasteiger partial charge in [-0.25, -0.2) is 0 Å². The Labute approximate surface area is 134 Å². The van der Waals surface area contributed by atoms with Crippen molar-refractivity contribution in [3.63, 3.8) is 0 Å². The molecule has 1 atom stereocenters. The van der Waals surface area contributed by atoms with Crippen LogP contribution in [-0.4, -0.2) is 23.4 Å². The van der Waals surface area contributed by atoms with Crippen molar-refractivity contribution in [3.05, 3.63) is 62.1 Å². The Morgan fingerprint density at radius 1 is 1.23 bits per heavy atom. The molecule has 0 saturated heterocycles. The van der Waals surface area contributed by atoms with Gasteiger partial charge in [0.1, 0.15) is 5.75 Å². The third-order valence-electron chi connectivity index (χ3n) is 3.51. The lowest BCUT2D eigenvalue weighted by atomic mass is 9.90. The highest BCUT2D eigenvalue weighted by molar-refractivity contribution is 9.10. The van der Waals surface area contributed by atoms with E-state index in [4.69, 9.17) is 9.47 Å². The number of hydrogen-bond acceptors (Lipinski definition) is 5. The van der Waals surface area contributed by atoms with Gasteiger partial charge < -0.3 is 14.6 Å². The minimum absolute atomic E-state index is 0.0492. The molecule has 0 bridgehead atoms. The second-order valence-electron chi connectivity index (χ2n) is 4.85. The van der Waals surface area contributed by atoms with Crippen molar-refractivity contribution in [2.45, 2.75) is 5.92 Å². The second-order valence-corrected chi connectivity index (χ2v) is 5.71. The number of rotatable bonds is 4. The lowest BCUT2D eigenvalue weighted by molar-refractivity contribution is -0.481. The van der Waals surface area contributed by atoms with Crippen molar-refractivity contribution < 1.29 is 19.5 Å². The van der Waals surface area contributed by atoms with E-state index in [-0.39, 0.29) is 19.1 Å². The SMILES string of the molecule is O=[N+]([O-])CC(c1cc2c(cc1O)OCO2)c1ccccc1Br. The van der Waals surface area contributed by atoms with Crippen molar-refractivity contribution in [2.75, 3.05) is 13.3 Å². The summed E-state index contributed by atoms with van der Waals surface area (Å²) in [7, 11) is 0. The van der Waals surface area contributed by atoms with Crippen LogP contribution in [-0.2, 0) is 0 Å². The average Bonchev–Trinajstić information content (AvgIpc) is 2.92. The molecule has 114 valence electrons. The van der Waals surface area contributed by atoms with E-state index in [1.54, 1.807) is 18.2 Å². The summed E-state index contributed by atoms with van der Waals surface area (Å²) in [6.45, 7) is -0.261. The number of aromatic hydroxyl groups is 1. The highest BCUT2D eigenvalue weighted by Gasteiger charge is 2.28. The van der Waals surface area contributed by atoms with Gasteiger partial charge in [-0.3, -0.25) is 10.1 Å². The van der Waals surface area contributed by atoms with Gasteiger partial charge in [-0.15, -0.1) is 0 Å². The number of ether oxygens (including phenoxy) is 2. The average molecular weight is 366 g/mol. The largest absolute Gasteiger partial charge is 0.507 e. The summed E-state index contributed by atoms with van der Waals surface area (Å²) >= 11 is 3.41. The van der Waals surface area contributed by atoms with Crippen molar-refractivity contribution in [1.82, 2.24) is 0 Å². The van der Waals surface area contributed by atoms with Crippen molar-refractivity contribution in [2.24, 2.45) is 0 Å². The number of hydrogen-bond donors (Lipinski definition) is 1.